The molecule has 1 heterocycles. The van der Waals surface area contributed by atoms with Crippen molar-refractivity contribution in [3.05, 3.63) is 83.7 Å². The number of aliphatic hydroxyl groups is 1. The summed E-state index contributed by atoms with van der Waals surface area (Å²) in [5, 5.41) is 21.1. The lowest BCUT2D eigenvalue weighted by molar-refractivity contribution is -0.128. The second kappa shape index (κ2) is 13.8. The van der Waals surface area contributed by atoms with Gasteiger partial charge in [0.1, 0.15) is 11.9 Å². The molecule has 1 aliphatic rings. The Balaban J connectivity index is 1.55. The van der Waals surface area contributed by atoms with E-state index in [1.54, 1.807) is 24.9 Å². The van der Waals surface area contributed by atoms with Crippen LogP contribution in [0.3, 0.4) is 0 Å². The molecule has 0 aromatic heterocycles. The lowest BCUT2D eigenvalue weighted by atomic mass is 9.99. The van der Waals surface area contributed by atoms with Gasteiger partial charge in [0.15, 0.2) is 0 Å². The maximum absolute atomic E-state index is 14.2. The average molecular weight is 590 g/mol. The molecule has 4 rings (SSSR count). The van der Waals surface area contributed by atoms with Gasteiger partial charge in [0, 0.05) is 36.8 Å². The number of benzene rings is 3. The monoisotopic (exact) mass is 589 g/mol. The second-order valence-corrected chi connectivity index (χ2v) is 11.6. The zero-order valence-corrected chi connectivity index (χ0v) is 25.0. The van der Waals surface area contributed by atoms with Crippen molar-refractivity contribution in [3.63, 3.8) is 0 Å². The molecule has 0 saturated heterocycles. The standard InChI is InChI=1S/C33H40FN5O4/c1-21(40)19-36-33(2,3)18-30(41)37-28-15-13-24-17-25(34)14-16-29(24)39(31(28)42)20-22-9-11-23(12-10-22)26-7-5-6-8-27(26)38-32(43)35-4/h5-12,14,16-17,21,28,36,40H,13,15,18-20H2,1-4H3,(H,37,41)(H2,35,38,43)/t21-,28-/m1/s1. The van der Waals surface area contributed by atoms with Crippen LogP contribution >= 0.6 is 0 Å². The van der Waals surface area contributed by atoms with Gasteiger partial charge in [0.2, 0.25) is 11.8 Å². The van der Waals surface area contributed by atoms with Gasteiger partial charge >= 0.3 is 6.03 Å². The van der Waals surface area contributed by atoms with Crippen molar-refractivity contribution >= 4 is 29.2 Å². The molecule has 9 nitrogen and oxygen atoms in total. The quantitative estimate of drug-likeness (QED) is 0.241. The number of anilines is 2. The number of rotatable bonds is 10. The number of carbonyl (C=O) groups excluding carboxylic acids is 3. The van der Waals surface area contributed by atoms with E-state index in [0.29, 0.717) is 36.3 Å². The Morgan fingerprint density at radius 2 is 1.81 bits per heavy atom. The predicted molar refractivity (Wildman–Crippen MR) is 166 cm³/mol. The molecule has 1 aliphatic heterocycles. The first-order valence-corrected chi connectivity index (χ1v) is 14.4. The molecule has 3 aromatic carbocycles. The summed E-state index contributed by atoms with van der Waals surface area (Å²) in [4.78, 5) is 40.5. The van der Waals surface area contributed by atoms with Gasteiger partial charge in [0.05, 0.1) is 18.3 Å². The third kappa shape index (κ3) is 8.39. The van der Waals surface area contributed by atoms with Crippen LogP contribution in [0.5, 0.6) is 0 Å². The topological polar surface area (TPSA) is 123 Å². The fourth-order valence-electron chi connectivity index (χ4n) is 5.18. The highest BCUT2D eigenvalue weighted by molar-refractivity contribution is 6.00. The minimum absolute atomic E-state index is 0.114. The molecule has 0 bridgehead atoms. The summed E-state index contributed by atoms with van der Waals surface area (Å²) in [6.07, 6.45) is 0.328. The van der Waals surface area contributed by atoms with Gasteiger partial charge in [0.25, 0.3) is 0 Å². The molecule has 43 heavy (non-hydrogen) atoms. The summed E-state index contributed by atoms with van der Waals surface area (Å²) in [7, 11) is 1.55. The van der Waals surface area contributed by atoms with Crippen LogP contribution in [0.1, 0.15) is 44.7 Å². The van der Waals surface area contributed by atoms with Crippen LogP contribution in [-0.2, 0) is 22.6 Å². The molecule has 3 aromatic rings. The molecule has 2 atom stereocenters. The van der Waals surface area contributed by atoms with E-state index in [2.05, 4.69) is 21.3 Å². The first kappa shape index (κ1) is 31.7. The van der Waals surface area contributed by atoms with Crippen molar-refractivity contribution in [2.24, 2.45) is 0 Å². The molecule has 0 unspecified atom stereocenters. The van der Waals surface area contributed by atoms with Crippen LogP contribution < -0.4 is 26.2 Å². The fraction of sp³-hybridized carbons (Fsp3) is 0.364. The van der Waals surface area contributed by atoms with Crippen molar-refractivity contribution in [1.82, 2.24) is 16.0 Å². The van der Waals surface area contributed by atoms with Gasteiger partial charge in [-0.25, -0.2) is 9.18 Å². The molecule has 0 fully saturated rings. The number of amides is 4. The summed E-state index contributed by atoms with van der Waals surface area (Å²) in [6, 6.07) is 18.5. The van der Waals surface area contributed by atoms with E-state index in [9.17, 15) is 23.9 Å². The number of para-hydroxylation sites is 1. The number of hydrogen-bond acceptors (Lipinski definition) is 5. The average Bonchev–Trinajstić information content (AvgIpc) is 3.08. The lowest BCUT2D eigenvalue weighted by Gasteiger charge is -2.29. The number of β-amino-alcohol motifs (C(OH)–C–C–N with tert-alkyl or cyclic N) is 1. The molecule has 10 heteroatoms. The minimum Gasteiger partial charge on any atom is -0.392 e. The summed E-state index contributed by atoms with van der Waals surface area (Å²) in [5.41, 5.74) is 3.98. The Morgan fingerprint density at radius 3 is 2.51 bits per heavy atom. The fourth-order valence-corrected chi connectivity index (χ4v) is 5.18. The maximum Gasteiger partial charge on any atom is 0.318 e. The van der Waals surface area contributed by atoms with Crippen molar-refractivity contribution in [3.8, 4) is 11.1 Å². The zero-order valence-electron chi connectivity index (χ0n) is 25.0. The molecule has 0 spiro atoms. The van der Waals surface area contributed by atoms with E-state index < -0.39 is 17.7 Å². The van der Waals surface area contributed by atoms with Crippen molar-refractivity contribution in [2.75, 3.05) is 23.8 Å². The number of nitrogens with one attached hydrogen (secondary N) is 4. The molecular weight excluding hydrogens is 549 g/mol. The van der Waals surface area contributed by atoms with Crippen molar-refractivity contribution in [2.45, 2.75) is 64.3 Å². The highest BCUT2D eigenvalue weighted by atomic mass is 19.1. The van der Waals surface area contributed by atoms with Gasteiger partial charge in [-0.1, -0.05) is 42.5 Å². The number of nitrogens with zero attached hydrogens (tertiary/aromatic N) is 1. The molecule has 228 valence electrons. The van der Waals surface area contributed by atoms with Crippen LogP contribution in [0.4, 0.5) is 20.6 Å². The molecule has 5 N–H and O–H groups in total. The first-order chi connectivity index (χ1) is 20.5. The number of hydrogen-bond donors (Lipinski definition) is 5. The Labute approximate surface area is 251 Å². The molecular formula is C33H40FN5O4. The summed E-state index contributed by atoms with van der Waals surface area (Å²) < 4.78 is 14.2. The number of aliphatic hydroxyl groups excluding tert-OH is 1. The van der Waals surface area contributed by atoms with Crippen LogP contribution in [-0.4, -0.2) is 54.2 Å². The minimum atomic E-state index is -0.780. The van der Waals surface area contributed by atoms with Crippen LogP contribution in [0.2, 0.25) is 0 Å². The normalized spacial score (nSPS) is 15.7. The molecule has 0 aliphatic carbocycles. The summed E-state index contributed by atoms with van der Waals surface area (Å²) in [6.45, 7) is 5.96. The van der Waals surface area contributed by atoms with E-state index >= 15 is 0 Å². The van der Waals surface area contributed by atoms with Gasteiger partial charge in [-0.3, -0.25) is 9.59 Å². The van der Waals surface area contributed by atoms with Crippen LogP contribution in [0.15, 0.2) is 66.7 Å². The molecule has 4 amide bonds. The predicted octanol–water partition coefficient (Wildman–Crippen LogP) is 4.35. The number of halogens is 1. The van der Waals surface area contributed by atoms with Gasteiger partial charge < -0.3 is 31.3 Å². The third-order valence-electron chi connectivity index (χ3n) is 7.42. The SMILES string of the molecule is CNC(=O)Nc1ccccc1-c1ccc(CN2C(=O)[C@H](NC(=O)CC(C)(C)NC[C@@H](C)O)CCc3cc(F)ccc32)cc1. The summed E-state index contributed by atoms with van der Waals surface area (Å²) in [5.74, 6) is -0.933. The zero-order chi connectivity index (χ0) is 31.1. The van der Waals surface area contributed by atoms with E-state index in [1.165, 1.54) is 12.1 Å². The summed E-state index contributed by atoms with van der Waals surface area (Å²) >= 11 is 0. The maximum atomic E-state index is 14.2. The Hall–Kier alpha value is -4.28. The number of aryl methyl sites for hydroxylation is 1. The highest BCUT2D eigenvalue weighted by Crippen LogP contribution is 2.31. The Bertz CT molecular complexity index is 1460. The largest absolute Gasteiger partial charge is 0.392 e. The second-order valence-electron chi connectivity index (χ2n) is 11.6. The molecule has 0 radical (unpaired) electrons. The van der Waals surface area contributed by atoms with Gasteiger partial charge in [-0.05, 0) is 74.6 Å². The highest BCUT2D eigenvalue weighted by Gasteiger charge is 2.33. The third-order valence-corrected chi connectivity index (χ3v) is 7.42. The lowest BCUT2D eigenvalue weighted by Crippen LogP contribution is -2.51. The van der Waals surface area contributed by atoms with E-state index in [0.717, 1.165) is 16.7 Å². The molecule has 0 saturated carbocycles. The Morgan fingerprint density at radius 1 is 1.09 bits per heavy atom. The van der Waals surface area contributed by atoms with Crippen molar-refractivity contribution < 1.29 is 23.9 Å². The number of urea groups is 1. The van der Waals surface area contributed by atoms with E-state index in [-0.39, 0.29) is 36.6 Å². The number of carbonyl (C=O) groups is 3. The smallest absolute Gasteiger partial charge is 0.318 e. The van der Waals surface area contributed by atoms with E-state index in [4.69, 9.17) is 0 Å². The van der Waals surface area contributed by atoms with Gasteiger partial charge in [-0.2, -0.15) is 0 Å². The van der Waals surface area contributed by atoms with Crippen LogP contribution in [0, 0.1) is 5.82 Å². The first-order valence-electron chi connectivity index (χ1n) is 14.4. The van der Waals surface area contributed by atoms with Gasteiger partial charge in [-0.15, -0.1) is 0 Å². The van der Waals surface area contributed by atoms with Crippen molar-refractivity contribution in [1.29, 1.82) is 0 Å². The van der Waals surface area contributed by atoms with Crippen LogP contribution in [0.25, 0.3) is 11.1 Å². The Kier molecular flexibility index (Phi) is 10.2. The van der Waals surface area contributed by atoms with E-state index in [1.807, 2.05) is 62.4 Å². The number of fused-ring (bicyclic) bond motifs is 1.